The molecule has 0 spiro atoms. The number of thioether (sulfide) groups is 1. The first kappa shape index (κ1) is 22.8. The lowest BCUT2D eigenvalue weighted by Crippen LogP contribution is -2.24. The van der Waals surface area contributed by atoms with E-state index in [1.807, 2.05) is 61.5 Å². The third-order valence-corrected chi connectivity index (χ3v) is 7.79. The van der Waals surface area contributed by atoms with E-state index in [4.69, 9.17) is 0 Å². The molecule has 4 aromatic rings. The van der Waals surface area contributed by atoms with Crippen LogP contribution in [0.15, 0.2) is 99.9 Å². The highest BCUT2D eigenvalue weighted by Crippen LogP contribution is 2.32. The topological polar surface area (TPSA) is 91.9 Å². The highest BCUT2D eigenvalue weighted by molar-refractivity contribution is 8.00. The largest absolute Gasteiger partial charge is 0.351 e. The van der Waals surface area contributed by atoms with Gasteiger partial charge in [0.25, 0.3) is 0 Å². The number of aryl methyl sites for hydroxylation is 1. The Bertz CT molecular complexity index is 1330. The average Bonchev–Trinajstić information content (AvgIpc) is 3.28. The zero-order valence-corrected chi connectivity index (χ0v) is 19.6. The molecule has 0 fully saturated rings. The number of amides is 1. The lowest BCUT2D eigenvalue weighted by atomic mass is 10.1. The third-order valence-electron chi connectivity index (χ3n) is 4.96. The van der Waals surface area contributed by atoms with Crippen LogP contribution < -0.4 is 5.32 Å². The van der Waals surface area contributed by atoms with Gasteiger partial charge in [0.05, 0.1) is 10.6 Å². The van der Waals surface area contributed by atoms with Crippen LogP contribution in [-0.4, -0.2) is 30.0 Å². The summed E-state index contributed by atoms with van der Waals surface area (Å²) in [6.07, 6.45) is 0. The number of aromatic nitrogens is 2. The van der Waals surface area contributed by atoms with Gasteiger partial charge in [-0.3, -0.25) is 4.79 Å². The Kier molecular flexibility index (Phi) is 6.96. The number of hydrogen-bond acceptors (Lipinski definition) is 5. The Balaban J connectivity index is 1.58. The van der Waals surface area contributed by atoms with Crippen LogP contribution in [-0.2, 0) is 21.2 Å². The number of hydrogen-bond donors (Lipinski definition) is 2. The molecule has 0 bridgehead atoms. The van der Waals surface area contributed by atoms with Crippen molar-refractivity contribution in [3.63, 3.8) is 0 Å². The summed E-state index contributed by atoms with van der Waals surface area (Å²) in [5, 5.41) is 3.12. The van der Waals surface area contributed by atoms with Crippen molar-refractivity contribution < 1.29 is 13.2 Å². The normalized spacial score (nSPS) is 11.3. The van der Waals surface area contributed by atoms with E-state index in [2.05, 4.69) is 15.3 Å². The Morgan fingerprint density at radius 3 is 2.24 bits per heavy atom. The van der Waals surface area contributed by atoms with Crippen LogP contribution in [0.25, 0.3) is 11.4 Å². The van der Waals surface area contributed by atoms with Crippen LogP contribution in [0, 0.1) is 6.92 Å². The number of nitrogens with zero attached hydrogens (tertiary/aromatic N) is 1. The number of carbonyl (C=O) groups excluding carboxylic acids is 1. The van der Waals surface area contributed by atoms with Crippen molar-refractivity contribution in [2.24, 2.45) is 0 Å². The van der Waals surface area contributed by atoms with E-state index in [0.717, 1.165) is 28.5 Å². The molecule has 1 aromatic heterocycles. The van der Waals surface area contributed by atoms with E-state index in [0.29, 0.717) is 12.4 Å². The van der Waals surface area contributed by atoms with Crippen molar-refractivity contribution in [1.29, 1.82) is 0 Å². The first-order valence-corrected chi connectivity index (χ1v) is 12.8. The SMILES string of the molecule is Cc1ccc(-c2nc(SCC(=O)NCc3ccccc3)c(S(=O)(=O)c3ccccc3)[nH]2)cc1. The minimum absolute atomic E-state index is 0.00913. The zero-order chi connectivity index (χ0) is 23.3. The van der Waals surface area contributed by atoms with Crippen LogP contribution in [0.3, 0.4) is 0 Å². The maximum Gasteiger partial charge on any atom is 0.230 e. The number of H-pyrrole nitrogens is 1. The quantitative estimate of drug-likeness (QED) is 0.361. The number of aromatic amines is 1. The Labute approximate surface area is 197 Å². The first-order valence-electron chi connectivity index (χ1n) is 10.3. The molecule has 2 N–H and O–H groups in total. The van der Waals surface area contributed by atoms with Gasteiger partial charge in [-0.2, -0.15) is 0 Å². The van der Waals surface area contributed by atoms with Crippen molar-refractivity contribution in [1.82, 2.24) is 15.3 Å². The second-order valence-electron chi connectivity index (χ2n) is 7.45. The van der Waals surface area contributed by atoms with Crippen LogP contribution in [0.1, 0.15) is 11.1 Å². The van der Waals surface area contributed by atoms with Crippen LogP contribution in [0.2, 0.25) is 0 Å². The summed E-state index contributed by atoms with van der Waals surface area (Å²) in [6.45, 7) is 2.39. The second kappa shape index (κ2) is 10.1. The molecule has 0 unspecified atom stereocenters. The van der Waals surface area contributed by atoms with Gasteiger partial charge in [0.15, 0.2) is 5.03 Å². The maximum atomic E-state index is 13.3. The van der Waals surface area contributed by atoms with Gasteiger partial charge >= 0.3 is 0 Å². The van der Waals surface area contributed by atoms with Crippen molar-refractivity contribution in [2.75, 3.05) is 5.75 Å². The minimum Gasteiger partial charge on any atom is -0.351 e. The maximum absolute atomic E-state index is 13.3. The fraction of sp³-hybridized carbons (Fsp3) is 0.120. The second-order valence-corrected chi connectivity index (χ2v) is 10.3. The molecule has 3 aromatic carbocycles. The molecule has 1 heterocycles. The minimum atomic E-state index is -3.84. The predicted molar refractivity (Wildman–Crippen MR) is 130 cm³/mol. The van der Waals surface area contributed by atoms with Gasteiger partial charge < -0.3 is 10.3 Å². The average molecular weight is 478 g/mol. The van der Waals surface area contributed by atoms with E-state index in [1.54, 1.807) is 30.3 Å². The van der Waals surface area contributed by atoms with Gasteiger partial charge in [0, 0.05) is 12.1 Å². The third kappa shape index (κ3) is 5.53. The zero-order valence-electron chi connectivity index (χ0n) is 18.0. The first-order chi connectivity index (χ1) is 15.9. The predicted octanol–water partition coefficient (Wildman–Crippen LogP) is 4.63. The molecular weight excluding hydrogens is 454 g/mol. The summed E-state index contributed by atoms with van der Waals surface area (Å²) < 4.78 is 26.6. The molecule has 0 atom stereocenters. The van der Waals surface area contributed by atoms with Gasteiger partial charge in [0.1, 0.15) is 10.9 Å². The Hall–Kier alpha value is -3.36. The Morgan fingerprint density at radius 1 is 0.939 bits per heavy atom. The number of sulfone groups is 1. The highest BCUT2D eigenvalue weighted by Gasteiger charge is 2.26. The van der Waals surface area contributed by atoms with Crippen LogP contribution >= 0.6 is 11.8 Å². The molecule has 8 heteroatoms. The number of rotatable bonds is 8. The number of imidazole rings is 1. The van der Waals surface area contributed by atoms with Gasteiger partial charge in [-0.25, -0.2) is 13.4 Å². The monoisotopic (exact) mass is 477 g/mol. The molecule has 0 saturated heterocycles. The van der Waals surface area contributed by atoms with Crippen molar-refractivity contribution in [3.05, 3.63) is 96.1 Å². The molecule has 0 radical (unpaired) electrons. The van der Waals surface area contributed by atoms with Crippen LogP contribution in [0.4, 0.5) is 0 Å². The standard InChI is InChI=1S/C25H23N3O3S2/c1-18-12-14-20(15-13-18)23-27-24(25(28-23)33(30,31)21-10-6-3-7-11-21)32-17-22(29)26-16-19-8-4-2-5-9-19/h2-15H,16-17H2,1H3,(H,26,29)(H,27,28). The summed E-state index contributed by atoms with van der Waals surface area (Å²) in [5.74, 6) is 0.283. The van der Waals surface area contributed by atoms with Gasteiger partial charge in [-0.1, -0.05) is 90.1 Å². The summed E-state index contributed by atoms with van der Waals surface area (Å²) in [7, 11) is -3.84. The van der Waals surface area contributed by atoms with E-state index in [9.17, 15) is 13.2 Å². The van der Waals surface area contributed by atoms with Crippen molar-refractivity contribution in [3.8, 4) is 11.4 Å². The van der Waals surface area contributed by atoms with E-state index in [1.165, 1.54) is 0 Å². The lowest BCUT2D eigenvalue weighted by molar-refractivity contribution is -0.118. The molecule has 1 amide bonds. The van der Waals surface area contributed by atoms with Gasteiger partial charge in [-0.15, -0.1) is 0 Å². The van der Waals surface area contributed by atoms with Crippen LogP contribution in [0.5, 0.6) is 0 Å². The Morgan fingerprint density at radius 2 is 1.58 bits per heavy atom. The van der Waals surface area contributed by atoms with E-state index in [-0.39, 0.29) is 26.6 Å². The fourth-order valence-corrected chi connectivity index (χ4v) is 5.64. The molecule has 0 aliphatic carbocycles. The molecular formula is C25H23N3O3S2. The number of carbonyl (C=O) groups is 1. The van der Waals surface area contributed by atoms with Crippen molar-refractivity contribution >= 4 is 27.5 Å². The molecule has 4 rings (SSSR count). The van der Waals surface area contributed by atoms with E-state index < -0.39 is 9.84 Å². The smallest absolute Gasteiger partial charge is 0.230 e. The molecule has 6 nitrogen and oxygen atoms in total. The number of benzene rings is 3. The molecule has 33 heavy (non-hydrogen) atoms. The van der Waals surface area contributed by atoms with Gasteiger partial charge in [0.2, 0.25) is 15.7 Å². The molecule has 0 aliphatic rings. The fourth-order valence-electron chi connectivity index (χ4n) is 3.17. The summed E-state index contributed by atoms with van der Waals surface area (Å²) in [6, 6.07) is 25.4. The summed E-state index contributed by atoms with van der Waals surface area (Å²) in [4.78, 5) is 20.1. The van der Waals surface area contributed by atoms with Crippen molar-refractivity contribution in [2.45, 2.75) is 28.4 Å². The molecule has 168 valence electrons. The number of nitrogens with one attached hydrogen (secondary N) is 2. The van der Waals surface area contributed by atoms with Gasteiger partial charge in [-0.05, 0) is 24.6 Å². The lowest BCUT2D eigenvalue weighted by Gasteiger charge is -2.06. The highest BCUT2D eigenvalue weighted by atomic mass is 32.2. The van der Waals surface area contributed by atoms with E-state index >= 15 is 0 Å². The summed E-state index contributed by atoms with van der Waals surface area (Å²) in [5.41, 5.74) is 2.85. The summed E-state index contributed by atoms with van der Waals surface area (Å²) >= 11 is 1.10. The molecule has 0 aliphatic heterocycles. The molecule has 0 saturated carbocycles.